The van der Waals surface area contributed by atoms with E-state index in [4.69, 9.17) is 4.42 Å². The maximum atomic E-state index is 13.1. The molecule has 0 saturated heterocycles. The van der Waals surface area contributed by atoms with Crippen LogP contribution in [0.2, 0.25) is 0 Å². The van der Waals surface area contributed by atoms with E-state index in [0.29, 0.717) is 11.1 Å². The standard InChI is InChI=1S/C19H20N4O2S2/c1-10-9-14-7-5-6-8-15(14)23(10)18(24)12(3)26-19-22-21-17(25-19)16-11(2)20-13(4)27-16/h5-8,10,12H,9H2,1-4H3/t10-,12-/m0/s1. The van der Waals surface area contributed by atoms with Gasteiger partial charge < -0.3 is 9.32 Å². The van der Waals surface area contributed by atoms with Crippen molar-refractivity contribution in [2.24, 2.45) is 0 Å². The lowest BCUT2D eigenvalue weighted by Crippen LogP contribution is -2.40. The Morgan fingerprint density at radius 2 is 2.11 bits per heavy atom. The van der Waals surface area contributed by atoms with E-state index >= 15 is 0 Å². The summed E-state index contributed by atoms with van der Waals surface area (Å²) in [6, 6.07) is 8.23. The first-order chi connectivity index (χ1) is 12.9. The molecule has 0 N–H and O–H groups in total. The number of thioether (sulfide) groups is 1. The van der Waals surface area contributed by atoms with Crippen molar-refractivity contribution in [3.8, 4) is 10.8 Å². The number of amides is 1. The minimum absolute atomic E-state index is 0.0574. The Hall–Kier alpha value is -2.19. The highest BCUT2D eigenvalue weighted by Crippen LogP contribution is 2.36. The third-order valence-corrected chi connectivity index (χ3v) is 6.56. The predicted octanol–water partition coefficient (Wildman–Crippen LogP) is 4.27. The molecule has 140 valence electrons. The average molecular weight is 401 g/mol. The molecule has 0 radical (unpaired) electrons. The molecule has 1 aliphatic heterocycles. The first kappa shape index (κ1) is 18.2. The Labute approximate surface area is 166 Å². The highest BCUT2D eigenvalue weighted by atomic mass is 32.2. The molecule has 0 fully saturated rings. The van der Waals surface area contributed by atoms with Gasteiger partial charge in [0.15, 0.2) is 0 Å². The van der Waals surface area contributed by atoms with E-state index in [2.05, 4.69) is 28.2 Å². The summed E-state index contributed by atoms with van der Waals surface area (Å²) in [7, 11) is 0. The molecule has 0 bridgehead atoms. The number of fused-ring (bicyclic) bond motifs is 1. The van der Waals surface area contributed by atoms with Gasteiger partial charge in [-0.3, -0.25) is 4.79 Å². The summed E-state index contributed by atoms with van der Waals surface area (Å²) in [5.41, 5.74) is 3.10. The van der Waals surface area contributed by atoms with E-state index in [9.17, 15) is 4.79 Å². The lowest BCUT2D eigenvalue weighted by atomic mass is 10.1. The van der Waals surface area contributed by atoms with Gasteiger partial charge in [0.1, 0.15) is 4.88 Å². The normalized spacial score (nSPS) is 17.2. The molecule has 1 aliphatic rings. The molecule has 2 aromatic heterocycles. The maximum Gasteiger partial charge on any atom is 0.277 e. The minimum atomic E-state index is -0.323. The third-order valence-electron chi connectivity index (χ3n) is 4.57. The second-order valence-electron chi connectivity index (χ2n) is 6.67. The topological polar surface area (TPSA) is 72.1 Å². The van der Waals surface area contributed by atoms with Crippen LogP contribution in [0.4, 0.5) is 5.69 Å². The number of aryl methyl sites for hydroxylation is 2. The molecule has 1 amide bonds. The highest BCUT2D eigenvalue weighted by molar-refractivity contribution is 8.00. The Kier molecular flexibility index (Phi) is 4.77. The molecule has 3 heterocycles. The van der Waals surface area contributed by atoms with Crippen molar-refractivity contribution in [2.45, 2.75) is 50.6 Å². The van der Waals surface area contributed by atoms with Crippen molar-refractivity contribution in [1.29, 1.82) is 0 Å². The van der Waals surface area contributed by atoms with Gasteiger partial charge in [-0.25, -0.2) is 4.98 Å². The van der Waals surface area contributed by atoms with E-state index in [1.807, 2.05) is 43.9 Å². The molecular weight excluding hydrogens is 380 g/mol. The number of thiazole rings is 1. The fraction of sp³-hybridized carbons (Fsp3) is 0.368. The summed E-state index contributed by atoms with van der Waals surface area (Å²) in [6.45, 7) is 7.83. The monoisotopic (exact) mass is 400 g/mol. The number of anilines is 1. The Morgan fingerprint density at radius 1 is 1.33 bits per heavy atom. The molecule has 1 aromatic carbocycles. The SMILES string of the molecule is Cc1nc(C)c(-c2nnc(S[C@@H](C)C(=O)N3c4ccccc4C[C@@H]3C)o2)s1. The molecular formula is C19H20N4O2S2. The van der Waals surface area contributed by atoms with Gasteiger partial charge in [0, 0.05) is 11.7 Å². The zero-order valence-corrected chi connectivity index (χ0v) is 17.2. The first-order valence-electron chi connectivity index (χ1n) is 8.79. The average Bonchev–Trinajstić information content (AvgIpc) is 3.30. The van der Waals surface area contributed by atoms with Crippen molar-refractivity contribution in [1.82, 2.24) is 15.2 Å². The number of nitrogens with zero attached hydrogens (tertiary/aromatic N) is 4. The van der Waals surface area contributed by atoms with E-state index in [0.717, 1.165) is 27.7 Å². The number of aromatic nitrogens is 3. The number of rotatable bonds is 4. The summed E-state index contributed by atoms with van der Waals surface area (Å²) >= 11 is 2.82. The Balaban J connectivity index is 1.51. The number of hydrogen-bond acceptors (Lipinski definition) is 7. The molecule has 2 atom stereocenters. The van der Waals surface area contributed by atoms with E-state index in [1.165, 1.54) is 28.7 Å². The summed E-state index contributed by atoms with van der Waals surface area (Å²) < 4.78 is 5.78. The van der Waals surface area contributed by atoms with Crippen LogP contribution in [0, 0.1) is 13.8 Å². The number of hydrogen-bond donors (Lipinski definition) is 0. The van der Waals surface area contributed by atoms with E-state index < -0.39 is 0 Å². The Morgan fingerprint density at radius 3 is 2.85 bits per heavy atom. The molecule has 6 nitrogen and oxygen atoms in total. The van der Waals surface area contributed by atoms with Crippen LogP contribution < -0.4 is 4.90 Å². The van der Waals surface area contributed by atoms with Crippen LogP contribution in [0.3, 0.4) is 0 Å². The fourth-order valence-electron chi connectivity index (χ4n) is 3.38. The van der Waals surface area contributed by atoms with Crippen molar-refractivity contribution in [3.63, 3.8) is 0 Å². The smallest absolute Gasteiger partial charge is 0.277 e. The van der Waals surface area contributed by atoms with Crippen LogP contribution in [-0.4, -0.2) is 32.4 Å². The zero-order chi connectivity index (χ0) is 19.1. The second-order valence-corrected chi connectivity index (χ2v) is 9.17. The summed E-state index contributed by atoms with van der Waals surface area (Å²) in [5, 5.41) is 9.27. The van der Waals surface area contributed by atoms with Crippen LogP contribution in [0.5, 0.6) is 0 Å². The van der Waals surface area contributed by atoms with Crippen molar-refractivity contribution in [2.75, 3.05) is 4.90 Å². The van der Waals surface area contributed by atoms with Crippen LogP contribution in [0.15, 0.2) is 33.9 Å². The largest absolute Gasteiger partial charge is 0.410 e. The zero-order valence-electron chi connectivity index (χ0n) is 15.6. The molecule has 0 spiro atoms. The van der Waals surface area contributed by atoms with E-state index in [-0.39, 0.29) is 17.2 Å². The van der Waals surface area contributed by atoms with Gasteiger partial charge >= 0.3 is 0 Å². The fourth-order valence-corrected chi connectivity index (χ4v) is 4.95. The number of benzene rings is 1. The summed E-state index contributed by atoms with van der Waals surface area (Å²) in [4.78, 5) is 20.2. The lowest BCUT2D eigenvalue weighted by molar-refractivity contribution is -0.118. The minimum Gasteiger partial charge on any atom is -0.410 e. The molecule has 8 heteroatoms. The van der Waals surface area contributed by atoms with Crippen LogP contribution >= 0.6 is 23.1 Å². The Bertz CT molecular complexity index is 997. The van der Waals surface area contributed by atoms with Crippen molar-refractivity contribution >= 4 is 34.7 Å². The van der Waals surface area contributed by atoms with Gasteiger partial charge in [-0.15, -0.1) is 21.5 Å². The predicted molar refractivity (Wildman–Crippen MR) is 107 cm³/mol. The van der Waals surface area contributed by atoms with Gasteiger partial charge in [0.25, 0.3) is 11.1 Å². The second kappa shape index (κ2) is 7.09. The van der Waals surface area contributed by atoms with Gasteiger partial charge in [0.2, 0.25) is 5.91 Å². The number of carbonyl (C=O) groups excluding carboxylic acids is 1. The van der Waals surface area contributed by atoms with Gasteiger partial charge in [0.05, 0.1) is 16.0 Å². The molecule has 3 aromatic rings. The molecule has 0 saturated carbocycles. The molecule has 4 rings (SSSR count). The van der Waals surface area contributed by atoms with Gasteiger partial charge in [-0.2, -0.15) is 0 Å². The molecule has 0 unspecified atom stereocenters. The first-order valence-corrected chi connectivity index (χ1v) is 10.5. The highest BCUT2D eigenvalue weighted by Gasteiger charge is 2.34. The quantitative estimate of drug-likeness (QED) is 0.609. The maximum absolute atomic E-state index is 13.1. The summed E-state index contributed by atoms with van der Waals surface area (Å²) in [6.07, 6.45) is 0.883. The summed E-state index contributed by atoms with van der Waals surface area (Å²) in [5.74, 6) is 0.516. The molecule has 0 aliphatic carbocycles. The van der Waals surface area contributed by atoms with Crippen LogP contribution in [-0.2, 0) is 11.2 Å². The van der Waals surface area contributed by atoms with E-state index in [1.54, 1.807) is 0 Å². The van der Waals surface area contributed by atoms with Gasteiger partial charge in [-0.05, 0) is 45.7 Å². The van der Waals surface area contributed by atoms with Crippen LogP contribution in [0.25, 0.3) is 10.8 Å². The number of carbonyl (C=O) groups is 1. The van der Waals surface area contributed by atoms with Crippen molar-refractivity contribution < 1.29 is 9.21 Å². The molecule has 27 heavy (non-hydrogen) atoms. The van der Waals surface area contributed by atoms with Crippen LogP contribution in [0.1, 0.15) is 30.1 Å². The van der Waals surface area contributed by atoms with Gasteiger partial charge in [-0.1, -0.05) is 30.0 Å². The van der Waals surface area contributed by atoms with Crippen molar-refractivity contribution in [3.05, 3.63) is 40.5 Å². The third kappa shape index (κ3) is 3.39. The lowest BCUT2D eigenvalue weighted by Gasteiger charge is -2.25. The number of para-hydroxylation sites is 1.